The highest BCUT2D eigenvalue weighted by Crippen LogP contribution is 2.21. The summed E-state index contributed by atoms with van der Waals surface area (Å²) in [7, 11) is 0. The van der Waals surface area contributed by atoms with Crippen LogP contribution in [-0.2, 0) is 20.8 Å². The Bertz CT molecular complexity index is 821. The van der Waals surface area contributed by atoms with Crippen molar-refractivity contribution in [1.29, 1.82) is 0 Å². The topological polar surface area (TPSA) is 108 Å². The summed E-state index contributed by atoms with van der Waals surface area (Å²) in [5.41, 5.74) is 7.34. The van der Waals surface area contributed by atoms with Gasteiger partial charge in [0, 0.05) is 49.5 Å². The smallest absolute Gasteiger partial charge is 0.245 e. The van der Waals surface area contributed by atoms with Crippen molar-refractivity contribution >= 4 is 28.6 Å². The number of aromatic nitrogens is 1. The second-order valence-electron chi connectivity index (χ2n) is 6.82. The zero-order valence-corrected chi connectivity index (χ0v) is 14.8. The fourth-order valence-corrected chi connectivity index (χ4v) is 3.57. The molecule has 1 fully saturated rings. The molecule has 1 atom stereocenters. The number of rotatable bonds is 5. The van der Waals surface area contributed by atoms with E-state index in [0.29, 0.717) is 32.4 Å². The van der Waals surface area contributed by atoms with Gasteiger partial charge >= 0.3 is 0 Å². The molecule has 7 heteroatoms. The minimum atomic E-state index is -0.628. The first-order chi connectivity index (χ1) is 12.5. The largest absolute Gasteiger partial charge is 0.369 e. The van der Waals surface area contributed by atoms with Crippen LogP contribution in [0.3, 0.4) is 0 Å². The SMILES string of the molecule is CC(=O)NC(Cc1c[nH]c2ccccc12)C(=O)N1CCC(C(N)=O)CC1. The first-order valence-electron chi connectivity index (χ1n) is 8.86. The number of hydrogen-bond donors (Lipinski definition) is 3. The highest BCUT2D eigenvalue weighted by molar-refractivity contribution is 5.89. The predicted octanol–water partition coefficient (Wildman–Crippen LogP) is 0.939. The van der Waals surface area contributed by atoms with Gasteiger partial charge in [-0.15, -0.1) is 0 Å². The lowest BCUT2D eigenvalue weighted by Gasteiger charge is -2.33. The molecule has 3 rings (SSSR count). The first-order valence-corrected chi connectivity index (χ1v) is 8.86. The Balaban J connectivity index is 1.74. The van der Waals surface area contributed by atoms with E-state index in [1.807, 2.05) is 30.5 Å². The maximum absolute atomic E-state index is 13.0. The van der Waals surface area contributed by atoms with Crippen LogP contribution in [0.5, 0.6) is 0 Å². The molecule has 1 aliphatic rings. The molecule has 1 saturated heterocycles. The van der Waals surface area contributed by atoms with E-state index >= 15 is 0 Å². The number of likely N-dealkylation sites (tertiary alicyclic amines) is 1. The zero-order valence-electron chi connectivity index (χ0n) is 14.8. The lowest BCUT2D eigenvalue weighted by atomic mass is 9.95. The van der Waals surface area contributed by atoms with Gasteiger partial charge < -0.3 is 20.9 Å². The van der Waals surface area contributed by atoms with Crippen molar-refractivity contribution in [3.63, 3.8) is 0 Å². The lowest BCUT2D eigenvalue weighted by molar-refractivity contribution is -0.138. The first kappa shape index (κ1) is 18.0. The Labute approximate surface area is 151 Å². The molecular weight excluding hydrogens is 332 g/mol. The van der Waals surface area contributed by atoms with Gasteiger partial charge in [0.15, 0.2) is 0 Å². The van der Waals surface area contributed by atoms with Gasteiger partial charge in [-0.3, -0.25) is 14.4 Å². The van der Waals surface area contributed by atoms with Gasteiger partial charge in [0.05, 0.1) is 0 Å². The number of hydrogen-bond acceptors (Lipinski definition) is 3. The molecular formula is C19H24N4O3. The monoisotopic (exact) mass is 356 g/mol. The lowest BCUT2D eigenvalue weighted by Crippen LogP contribution is -2.52. The number of fused-ring (bicyclic) bond motifs is 1. The minimum Gasteiger partial charge on any atom is -0.369 e. The Kier molecular flexibility index (Phi) is 5.25. The van der Waals surface area contributed by atoms with Crippen molar-refractivity contribution in [2.24, 2.45) is 11.7 Å². The van der Waals surface area contributed by atoms with Crippen LogP contribution in [-0.4, -0.2) is 46.7 Å². The van der Waals surface area contributed by atoms with Crippen LogP contribution in [0.25, 0.3) is 10.9 Å². The Morgan fingerprint density at radius 3 is 2.62 bits per heavy atom. The third kappa shape index (κ3) is 3.87. The molecule has 0 radical (unpaired) electrons. The summed E-state index contributed by atoms with van der Waals surface area (Å²) in [6.45, 7) is 2.38. The number of benzene rings is 1. The number of amides is 3. The number of aromatic amines is 1. The molecule has 4 N–H and O–H groups in total. The molecule has 1 aromatic heterocycles. The predicted molar refractivity (Wildman–Crippen MR) is 98.1 cm³/mol. The Morgan fingerprint density at radius 1 is 1.27 bits per heavy atom. The number of para-hydroxylation sites is 1. The molecule has 1 unspecified atom stereocenters. The zero-order chi connectivity index (χ0) is 18.7. The summed E-state index contributed by atoms with van der Waals surface area (Å²) in [6.07, 6.45) is 3.44. The number of carbonyl (C=O) groups excluding carboxylic acids is 3. The van der Waals surface area contributed by atoms with Crippen molar-refractivity contribution in [3.8, 4) is 0 Å². The quantitative estimate of drug-likeness (QED) is 0.742. The maximum Gasteiger partial charge on any atom is 0.245 e. The van der Waals surface area contributed by atoms with E-state index in [2.05, 4.69) is 10.3 Å². The molecule has 7 nitrogen and oxygen atoms in total. The number of nitrogens with one attached hydrogen (secondary N) is 2. The van der Waals surface area contributed by atoms with E-state index in [-0.39, 0.29) is 23.6 Å². The number of H-pyrrole nitrogens is 1. The van der Waals surface area contributed by atoms with E-state index in [0.717, 1.165) is 16.5 Å². The van der Waals surface area contributed by atoms with Crippen LogP contribution in [0, 0.1) is 5.92 Å². The van der Waals surface area contributed by atoms with E-state index in [1.165, 1.54) is 6.92 Å². The molecule has 0 aliphatic carbocycles. The van der Waals surface area contributed by atoms with Crippen LogP contribution in [0.1, 0.15) is 25.3 Å². The summed E-state index contributed by atoms with van der Waals surface area (Å²) in [4.78, 5) is 40.8. The number of nitrogens with two attached hydrogens (primary N) is 1. The Hall–Kier alpha value is -2.83. The van der Waals surface area contributed by atoms with Crippen LogP contribution in [0.15, 0.2) is 30.5 Å². The van der Waals surface area contributed by atoms with Gasteiger partial charge in [-0.05, 0) is 24.5 Å². The third-order valence-corrected chi connectivity index (χ3v) is 4.98. The fraction of sp³-hybridized carbons (Fsp3) is 0.421. The molecule has 0 saturated carbocycles. The normalized spacial score (nSPS) is 16.4. The molecule has 1 aliphatic heterocycles. The van der Waals surface area contributed by atoms with Crippen molar-refractivity contribution in [2.75, 3.05) is 13.1 Å². The van der Waals surface area contributed by atoms with Crippen LogP contribution >= 0.6 is 0 Å². The Morgan fingerprint density at radius 2 is 1.96 bits per heavy atom. The molecule has 1 aromatic carbocycles. The van der Waals surface area contributed by atoms with Gasteiger partial charge in [0.2, 0.25) is 17.7 Å². The average Bonchev–Trinajstić information content (AvgIpc) is 3.03. The van der Waals surface area contributed by atoms with Crippen LogP contribution in [0.4, 0.5) is 0 Å². The summed E-state index contributed by atoms with van der Waals surface area (Å²) >= 11 is 0. The highest BCUT2D eigenvalue weighted by Gasteiger charge is 2.30. The summed E-state index contributed by atoms with van der Waals surface area (Å²) < 4.78 is 0. The molecule has 0 bridgehead atoms. The third-order valence-electron chi connectivity index (χ3n) is 4.98. The highest BCUT2D eigenvalue weighted by atomic mass is 16.2. The van der Waals surface area contributed by atoms with Gasteiger partial charge in [-0.2, -0.15) is 0 Å². The molecule has 0 spiro atoms. The van der Waals surface area contributed by atoms with Crippen molar-refractivity contribution in [2.45, 2.75) is 32.2 Å². The number of nitrogens with zero attached hydrogens (tertiary/aromatic N) is 1. The minimum absolute atomic E-state index is 0.117. The van der Waals surface area contributed by atoms with Gasteiger partial charge in [0.25, 0.3) is 0 Å². The fourth-order valence-electron chi connectivity index (χ4n) is 3.57. The van der Waals surface area contributed by atoms with E-state index in [4.69, 9.17) is 5.73 Å². The van der Waals surface area contributed by atoms with Gasteiger partial charge in [-0.1, -0.05) is 18.2 Å². The summed E-state index contributed by atoms with van der Waals surface area (Å²) in [5.74, 6) is -0.843. The van der Waals surface area contributed by atoms with E-state index < -0.39 is 6.04 Å². The maximum atomic E-state index is 13.0. The molecule has 2 heterocycles. The van der Waals surface area contributed by atoms with Gasteiger partial charge in [-0.25, -0.2) is 0 Å². The van der Waals surface area contributed by atoms with Crippen LogP contribution < -0.4 is 11.1 Å². The second kappa shape index (κ2) is 7.59. The number of carbonyl (C=O) groups is 3. The standard InChI is InChI=1S/C19H24N4O3/c1-12(24)22-17(10-14-11-21-16-5-3-2-4-15(14)16)19(26)23-8-6-13(7-9-23)18(20)25/h2-5,11,13,17,21H,6-10H2,1H3,(H2,20,25)(H,22,24). The van der Waals surface area contributed by atoms with Crippen molar-refractivity contribution in [3.05, 3.63) is 36.0 Å². The second-order valence-corrected chi connectivity index (χ2v) is 6.82. The van der Waals surface area contributed by atoms with Crippen molar-refractivity contribution < 1.29 is 14.4 Å². The van der Waals surface area contributed by atoms with Crippen molar-refractivity contribution in [1.82, 2.24) is 15.2 Å². The van der Waals surface area contributed by atoms with E-state index in [1.54, 1.807) is 4.90 Å². The molecule has 2 aromatic rings. The molecule has 3 amide bonds. The molecule has 138 valence electrons. The number of primary amides is 1. The number of piperidine rings is 1. The van der Waals surface area contributed by atoms with E-state index in [9.17, 15) is 14.4 Å². The average molecular weight is 356 g/mol. The van der Waals surface area contributed by atoms with Crippen LogP contribution in [0.2, 0.25) is 0 Å². The molecule has 26 heavy (non-hydrogen) atoms. The van der Waals surface area contributed by atoms with Gasteiger partial charge in [0.1, 0.15) is 6.04 Å². The summed E-state index contributed by atoms with van der Waals surface area (Å²) in [5, 5.41) is 3.82. The summed E-state index contributed by atoms with van der Waals surface area (Å²) in [6, 6.07) is 7.24.